The minimum atomic E-state index is 0.154. The molecule has 38 heavy (non-hydrogen) atoms. The van der Waals surface area contributed by atoms with E-state index in [0.717, 1.165) is 66.4 Å². The number of nitrogens with zero attached hydrogens (tertiary/aromatic N) is 4. The third-order valence-corrected chi connectivity index (χ3v) is 7.04. The molecule has 0 bridgehead atoms. The molecule has 8 heteroatoms. The fourth-order valence-corrected chi connectivity index (χ4v) is 5.11. The van der Waals surface area contributed by atoms with Gasteiger partial charge in [-0.15, -0.1) is 11.8 Å². The van der Waals surface area contributed by atoms with Crippen LogP contribution in [0.2, 0.25) is 0 Å². The molecule has 0 fully saturated rings. The number of aryl methyl sites for hydroxylation is 1. The van der Waals surface area contributed by atoms with Crippen molar-refractivity contribution >= 4 is 11.8 Å². The van der Waals surface area contributed by atoms with Crippen molar-refractivity contribution in [3.8, 4) is 28.5 Å². The first-order valence-electron chi connectivity index (χ1n) is 13.8. The van der Waals surface area contributed by atoms with E-state index >= 15 is 0 Å². The summed E-state index contributed by atoms with van der Waals surface area (Å²) in [6, 6.07) is 8.33. The van der Waals surface area contributed by atoms with Crippen LogP contribution in [0.4, 0.5) is 0 Å². The Morgan fingerprint density at radius 1 is 1.08 bits per heavy atom. The van der Waals surface area contributed by atoms with Crippen LogP contribution in [0.1, 0.15) is 64.6 Å². The lowest BCUT2D eigenvalue weighted by Gasteiger charge is -2.20. The molecular formula is C30H42N6OS. The highest BCUT2D eigenvalue weighted by atomic mass is 32.2. The van der Waals surface area contributed by atoms with Crippen molar-refractivity contribution in [1.82, 2.24) is 30.6 Å². The van der Waals surface area contributed by atoms with Gasteiger partial charge in [0, 0.05) is 23.7 Å². The normalized spacial score (nSPS) is 15.4. The molecule has 0 radical (unpaired) electrons. The van der Waals surface area contributed by atoms with Crippen LogP contribution in [-0.2, 0) is 5.75 Å². The number of benzene rings is 1. The Kier molecular flexibility index (Phi) is 12.7. The molecule has 0 aliphatic heterocycles. The first-order chi connectivity index (χ1) is 18.7. The summed E-state index contributed by atoms with van der Waals surface area (Å²) in [6.07, 6.45) is 14.0. The van der Waals surface area contributed by atoms with Crippen LogP contribution >= 0.6 is 11.8 Å². The van der Waals surface area contributed by atoms with Gasteiger partial charge in [0.1, 0.15) is 23.0 Å². The molecule has 0 amide bonds. The summed E-state index contributed by atoms with van der Waals surface area (Å²) >= 11 is 1.80. The zero-order chi connectivity index (χ0) is 27.2. The first kappa shape index (κ1) is 29.7. The van der Waals surface area contributed by atoms with E-state index in [-0.39, 0.29) is 11.6 Å². The number of nitrogens with one attached hydrogen (secondary N) is 2. The monoisotopic (exact) mass is 534 g/mol. The lowest BCUT2D eigenvalue weighted by atomic mass is 10.0. The van der Waals surface area contributed by atoms with Crippen LogP contribution in [0.3, 0.4) is 0 Å². The van der Waals surface area contributed by atoms with Crippen molar-refractivity contribution in [1.29, 1.82) is 0 Å². The molecular weight excluding hydrogens is 492 g/mol. The minimum Gasteiger partial charge on any atom is -0.486 e. The Balaban J connectivity index is 0.00000195. The number of ether oxygens (including phenoxy) is 1. The number of hydrogen-bond donors (Lipinski definition) is 2. The van der Waals surface area contributed by atoms with Crippen LogP contribution in [0.15, 0.2) is 55.0 Å². The van der Waals surface area contributed by atoms with Crippen molar-refractivity contribution in [2.75, 3.05) is 13.1 Å². The summed E-state index contributed by atoms with van der Waals surface area (Å²) in [4.78, 5) is 18.4. The molecule has 204 valence electrons. The second kappa shape index (κ2) is 16.2. The highest BCUT2D eigenvalue weighted by molar-refractivity contribution is 7.99. The molecule has 4 rings (SSSR count). The van der Waals surface area contributed by atoms with Crippen molar-refractivity contribution in [3.63, 3.8) is 0 Å². The summed E-state index contributed by atoms with van der Waals surface area (Å²) in [5.41, 5.74) is 4.85. The third-order valence-electron chi connectivity index (χ3n) is 5.91. The number of hydrogen-bond acceptors (Lipinski definition) is 8. The maximum Gasteiger partial charge on any atom is 0.180 e. The van der Waals surface area contributed by atoms with E-state index in [2.05, 4.69) is 71.7 Å². The Bertz CT molecular complexity index is 1140. The fraction of sp³-hybridized carbons (Fsp3) is 0.467. The lowest BCUT2D eigenvalue weighted by Crippen LogP contribution is -2.39. The van der Waals surface area contributed by atoms with Crippen LogP contribution in [0, 0.1) is 6.92 Å². The molecule has 2 N–H and O–H groups in total. The first-order valence-corrected chi connectivity index (χ1v) is 14.9. The van der Waals surface area contributed by atoms with Crippen molar-refractivity contribution in [2.24, 2.45) is 0 Å². The second-order valence-electron chi connectivity index (χ2n) is 8.85. The quantitative estimate of drug-likeness (QED) is 0.200. The standard InChI is InChI=1S/C28H36N6OS.C2H6/c1-4-13-32-28(30-5-2)36-19-21-17-25(34-27(33-21)26-18-29-14-15-31-26)24-12-11-23(16-20(24)3)35-22-9-7-6-8-10-22;1-2/h7,9,11-12,14-18,22,28,30,32H,4-6,8,10,13,19H2,1-3H3;1-2H3. The Morgan fingerprint density at radius 3 is 2.63 bits per heavy atom. The van der Waals surface area contributed by atoms with Gasteiger partial charge >= 0.3 is 0 Å². The van der Waals surface area contributed by atoms with E-state index in [1.165, 1.54) is 6.42 Å². The van der Waals surface area contributed by atoms with E-state index in [1.807, 2.05) is 19.9 Å². The molecule has 7 nitrogen and oxygen atoms in total. The Labute approximate surface area is 232 Å². The van der Waals surface area contributed by atoms with E-state index in [4.69, 9.17) is 14.7 Å². The minimum absolute atomic E-state index is 0.154. The molecule has 1 aromatic carbocycles. The second-order valence-corrected chi connectivity index (χ2v) is 9.95. The maximum absolute atomic E-state index is 6.21. The van der Waals surface area contributed by atoms with Gasteiger partial charge in [-0.25, -0.2) is 15.0 Å². The Hall–Kier alpha value is -2.81. The van der Waals surface area contributed by atoms with Gasteiger partial charge < -0.3 is 4.74 Å². The smallest absolute Gasteiger partial charge is 0.180 e. The predicted octanol–water partition coefficient (Wildman–Crippen LogP) is 6.55. The largest absolute Gasteiger partial charge is 0.486 e. The number of rotatable bonds is 12. The van der Waals surface area contributed by atoms with Gasteiger partial charge in [-0.05, 0) is 81.6 Å². The highest BCUT2D eigenvalue weighted by Gasteiger charge is 2.15. The summed E-state index contributed by atoms with van der Waals surface area (Å²) in [5.74, 6) is 2.22. The predicted molar refractivity (Wildman–Crippen MR) is 159 cm³/mol. The van der Waals surface area contributed by atoms with Crippen molar-refractivity contribution < 1.29 is 4.74 Å². The fourth-order valence-electron chi connectivity index (χ4n) is 4.11. The molecule has 2 unspecified atom stereocenters. The Morgan fingerprint density at radius 2 is 1.95 bits per heavy atom. The molecule has 2 atom stereocenters. The molecule has 1 aliphatic carbocycles. The number of thioether (sulfide) groups is 1. The van der Waals surface area contributed by atoms with Gasteiger partial charge in [0.15, 0.2) is 5.82 Å². The van der Waals surface area contributed by atoms with Gasteiger partial charge in [-0.2, -0.15) is 0 Å². The van der Waals surface area contributed by atoms with Gasteiger partial charge in [0.05, 0.1) is 17.6 Å². The van der Waals surface area contributed by atoms with Gasteiger partial charge in [0.25, 0.3) is 0 Å². The maximum atomic E-state index is 6.21. The zero-order valence-corrected chi connectivity index (χ0v) is 24.2. The number of aromatic nitrogens is 4. The van der Waals surface area contributed by atoms with Crippen molar-refractivity contribution in [2.45, 2.75) is 77.7 Å². The summed E-state index contributed by atoms with van der Waals surface area (Å²) in [6.45, 7) is 12.3. The zero-order valence-electron chi connectivity index (χ0n) is 23.4. The topological polar surface area (TPSA) is 84.9 Å². The van der Waals surface area contributed by atoms with E-state index in [0.29, 0.717) is 11.5 Å². The molecule has 2 heterocycles. The van der Waals surface area contributed by atoms with E-state index in [1.54, 1.807) is 30.4 Å². The average Bonchev–Trinajstić information content (AvgIpc) is 2.96. The van der Waals surface area contributed by atoms with Crippen LogP contribution in [0.5, 0.6) is 5.75 Å². The molecule has 0 spiro atoms. The van der Waals surface area contributed by atoms with Crippen LogP contribution in [-0.4, -0.2) is 44.6 Å². The molecule has 1 aliphatic rings. The van der Waals surface area contributed by atoms with Crippen LogP contribution < -0.4 is 15.4 Å². The summed E-state index contributed by atoms with van der Waals surface area (Å²) in [7, 11) is 0. The van der Waals surface area contributed by atoms with Gasteiger partial charge in [-0.3, -0.25) is 15.6 Å². The third kappa shape index (κ3) is 8.89. The van der Waals surface area contributed by atoms with E-state index in [9.17, 15) is 0 Å². The van der Waals surface area contributed by atoms with Crippen molar-refractivity contribution in [3.05, 3.63) is 66.3 Å². The molecule has 0 saturated carbocycles. The van der Waals surface area contributed by atoms with Crippen LogP contribution in [0.25, 0.3) is 22.8 Å². The van der Waals surface area contributed by atoms with Gasteiger partial charge in [-0.1, -0.05) is 33.8 Å². The molecule has 2 aromatic heterocycles. The summed E-state index contributed by atoms with van der Waals surface area (Å²) in [5, 5.41) is 7.05. The highest BCUT2D eigenvalue weighted by Crippen LogP contribution is 2.30. The summed E-state index contributed by atoms with van der Waals surface area (Å²) < 4.78 is 6.21. The number of allylic oxidation sites excluding steroid dienone is 1. The lowest BCUT2D eigenvalue weighted by molar-refractivity contribution is 0.230. The molecule has 3 aromatic rings. The van der Waals surface area contributed by atoms with Gasteiger partial charge in [0.2, 0.25) is 0 Å². The average molecular weight is 535 g/mol. The SMILES string of the molecule is CC.CCCNC(NCC)SCc1cc(-c2ccc(OC3C=CCCC3)cc2C)nc(-c2cnccn2)n1. The molecule has 0 saturated heterocycles. The van der Waals surface area contributed by atoms with E-state index < -0.39 is 0 Å².